The Hall–Kier alpha value is -2.45. The summed E-state index contributed by atoms with van der Waals surface area (Å²) < 4.78 is 62.1. The first-order valence-corrected chi connectivity index (χ1v) is 13.4. The van der Waals surface area contributed by atoms with Gasteiger partial charge in [0.25, 0.3) is 0 Å². The van der Waals surface area contributed by atoms with E-state index in [0.29, 0.717) is 5.56 Å². The maximum atomic E-state index is 13.1. The number of sulfonamides is 2. The molecule has 0 aliphatic heterocycles. The van der Waals surface area contributed by atoms with Crippen LogP contribution in [-0.4, -0.2) is 36.0 Å². The number of ether oxygens (including phenoxy) is 1. The molecule has 0 saturated heterocycles. The van der Waals surface area contributed by atoms with Crippen LogP contribution in [0.2, 0.25) is 0 Å². The van der Waals surface area contributed by atoms with Crippen LogP contribution in [0, 0.1) is 11.3 Å². The highest BCUT2D eigenvalue weighted by Gasteiger charge is 2.26. The summed E-state index contributed by atoms with van der Waals surface area (Å²) in [5.41, 5.74) is 0.874. The van der Waals surface area contributed by atoms with E-state index in [1.54, 1.807) is 32.9 Å². The first kappa shape index (κ1) is 26.8. The minimum absolute atomic E-state index is 0.0403. The fourth-order valence-electron chi connectivity index (χ4n) is 3.20. The van der Waals surface area contributed by atoms with Gasteiger partial charge >= 0.3 is 0 Å². The molecule has 0 amide bonds. The molecule has 0 aliphatic rings. The lowest BCUT2D eigenvalue weighted by Crippen LogP contribution is -2.41. The second-order valence-electron chi connectivity index (χ2n) is 9.00. The number of benzene rings is 2. The zero-order valence-corrected chi connectivity index (χ0v) is 21.4. The van der Waals surface area contributed by atoms with Crippen LogP contribution in [0.5, 0.6) is 5.75 Å². The minimum Gasteiger partial charge on any atom is -0.495 e. The molecular weight excluding hydrogens is 462 g/mol. The second-order valence-corrected chi connectivity index (χ2v) is 12.4. The van der Waals surface area contributed by atoms with Crippen LogP contribution in [0.15, 0.2) is 46.2 Å². The Morgan fingerprint density at radius 2 is 1.67 bits per heavy atom. The Morgan fingerprint density at radius 1 is 1.00 bits per heavy atom. The van der Waals surface area contributed by atoms with Crippen molar-refractivity contribution in [3.8, 4) is 11.8 Å². The van der Waals surface area contributed by atoms with Crippen molar-refractivity contribution in [2.75, 3.05) is 13.7 Å². The standard InChI is InChI=1S/C23H31N3O5S2/c1-16(2)19-9-8-18(21(14-19)33(29,30)26-23(3,4)5)11-12-25-32(27,28)22-13-17(15-24)7-10-20(22)31-6/h7-10,13-14,16,25-26H,11-12H2,1-6H3. The van der Waals surface area contributed by atoms with Gasteiger partial charge in [-0.15, -0.1) is 0 Å². The van der Waals surface area contributed by atoms with Gasteiger partial charge in [-0.2, -0.15) is 5.26 Å². The third-order valence-electron chi connectivity index (χ3n) is 4.76. The van der Waals surface area contributed by atoms with Crippen molar-refractivity contribution >= 4 is 20.0 Å². The number of hydrogen-bond donors (Lipinski definition) is 2. The van der Waals surface area contributed by atoms with Gasteiger partial charge in [-0.25, -0.2) is 26.3 Å². The molecule has 2 rings (SSSR count). The van der Waals surface area contributed by atoms with Crippen LogP contribution < -0.4 is 14.2 Å². The highest BCUT2D eigenvalue weighted by molar-refractivity contribution is 7.90. The van der Waals surface area contributed by atoms with E-state index in [4.69, 9.17) is 10.00 Å². The van der Waals surface area contributed by atoms with Gasteiger partial charge in [0.2, 0.25) is 20.0 Å². The molecule has 0 aliphatic carbocycles. The number of hydrogen-bond acceptors (Lipinski definition) is 6. The number of rotatable bonds is 9. The average molecular weight is 494 g/mol. The van der Waals surface area contributed by atoms with Crippen LogP contribution >= 0.6 is 0 Å². The first-order valence-electron chi connectivity index (χ1n) is 10.4. The third kappa shape index (κ3) is 7.01. The molecule has 10 heteroatoms. The van der Waals surface area contributed by atoms with Crippen LogP contribution in [0.4, 0.5) is 0 Å². The normalized spacial score (nSPS) is 12.5. The van der Waals surface area contributed by atoms with Crippen LogP contribution in [0.25, 0.3) is 0 Å². The van der Waals surface area contributed by atoms with Gasteiger partial charge in [-0.1, -0.05) is 26.0 Å². The molecular formula is C23H31N3O5S2. The Kier molecular flexibility index (Phi) is 8.30. The monoisotopic (exact) mass is 493 g/mol. The maximum Gasteiger partial charge on any atom is 0.244 e. The van der Waals surface area contributed by atoms with Crippen molar-refractivity contribution in [3.63, 3.8) is 0 Å². The number of methoxy groups -OCH3 is 1. The van der Waals surface area contributed by atoms with Crippen molar-refractivity contribution in [2.45, 2.75) is 62.3 Å². The quantitative estimate of drug-likeness (QED) is 0.552. The molecule has 2 N–H and O–H groups in total. The van der Waals surface area contributed by atoms with Gasteiger partial charge in [0.05, 0.1) is 23.6 Å². The Morgan fingerprint density at radius 3 is 2.21 bits per heavy atom. The van der Waals surface area contributed by atoms with Gasteiger partial charge in [0, 0.05) is 12.1 Å². The highest BCUT2D eigenvalue weighted by Crippen LogP contribution is 2.26. The van der Waals surface area contributed by atoms with E-state index in [1.807, 2.05) is 26.0 Å². The van der Waals surface area contributed by atoms with Crippen LogP contribution in [-0.2, 0) is 26.5 Å². The SMILES string of the molecule is COc1ccc(C#N)cc1S(=O)(=O)NCCc1ccc(C(C)C)cc1S(=O)(=O)NC(C)(C)C. The lowest BCUT2D eigenvalue weighted by atomic mass is 10.0. The lowest BCUT2D eigenvalue weighted by Gasteiger charge is -2.22. The Bertz CT molecular complexity index is 1260. The molecule has 180 valence electrons. The molecule has 0 fully saturated rings. The molecule has 2 aromatic carbocycles. The van der Waals surface area contributed by atoms with E-state index in [1.165, 1.54) is 25.3 Å². The maximum absolute atomic E-state index is 13.1. The summed E-state index contributed by atoms with van der Waals surface area (Å²) in [7, 11) is -6.48. The first-order chi connectivity index (χ1) is 15.2. The summed E-state index contributed by atoms with van der Waals surface area (Å²) in [5, 5.41) is 9.10. The van der Waals surface area contributed by atoms with Gasteiger partial charge < -0.3 is 4.74 Å². The number of nitriles is 1. The molecule has 2 aromatic rings. The van der Waals surface area contributed by atoms with Crippen molar-refractivity contribution in [3.05, 3.63) is 53.1 Å². The molecule has 0 spiro atoms. The van der Waals surface area contributed by atoms with Crippen molar-refractivity contribution in [1.29, 1.82) is 5.26 Å². The molecule has 0 unspecified atom stereocenters. The molecule has 0 heterocycles. The van der Waals surface area contributed by atoms with Crippen LogP contribution in [0.1, 0.15) is 57.2 Å². The van der Waals surface area contributed by atoms with Crippen molar-refractivity contribution in [1.82, 2.24) is 9.44 Å². The smallest absolute Gasteiger partial charge is 0.244 e. The Balaban J connectivity index is 2.35. The van der Waals surface area contributed by atoms with Crippen LogP contribution in [0.3, 0.4) is 0 Å². The topological polar surface area (TPSA) is 125 Å². The summed E-state index contributed by atoms with van der Waals surface area (Å²) in [6.07, 6.45) is 0.151. The van der Waals surface area contributed by atoms with E-state index in [9.17, 15) is 16.8 Å². The summed E-state index contributed by atoms with van der Waals surface area (Å²) in [6.45, 7) is 9.18. The highest BCUT2D eigenvalue weighted by atomic mass is 32.2. The summed E-state index contributed by atoms with van der Waals surface area (Å²) in [5.74, 6) is 0.237. The fourth-order valence-corrected chi connectivity index (χ4v) is 6.15. The van der Waals surface area contributed by atoms with Gasteiger partial charge in [0.1, 0.15) is 10.6 Å². The second kappa shape index (κ2) is 10.2. The predicted molar refractivity (Wildman–Crippen MR) is 127 cm³/mol. The molecule has 8 nitrogen and oxygen atoms in total. The van der Waals surface area contributed by atoms with Gasteiger partial charge in [-0.05, 0) is 68.5 Å². The predicted octanol–water partition coefficient (Wildman–Crippen LogP) is 3.29. The molecule has 33 heavy (non-hydrogen) atoms. The molecule has 0 bridgehead atoms. The van der Waals surface area contributed by atoms with E-state index < -0.39 is 25.6 Å². The minimum atomic E-state index is -4.00. The zero-order chi connectivity index (χ0) is 25.0. The van der Waals surface area contributed by atoms with E-state index in [2.05, 4.69) is 9.44 Å². The fraction of sp³-hybridized carbons (Fsp3) is 0.435. The third-order valence-corrected chi connectivity index (χ3v) is 8.08. The summed E-state index contributed by atoms with van der Waals surface area (Å²) in [4.78, 5) is -0.0201. The van der Waals surface area contributed by atoms with E-state index in [-0.39, 0.29) is 40.0 Å². The summed E-state index contributed by atoms with van der Waals surface area (Å²) in [6, 6.07) is 11.2. The van der Waals surface area contributed by atoms with Crippen molar-refractivity contribution in [2.24, 2.45) is 0 Å². The zero-order valence-electron chi connectivity index (χ0n) is 19.8. The molecule has 0 radical (unpaired) electrons. The largest absolute Gasteiger partial charge is 0.495 e. The summed E-state index contributed by atoms with van der Waals surface area (Å²) >= 11 is 0. The molecule has 0 saturated carbocycles. The average Bonchev–Trinajstić information content (AvgIpc) is 2.71. The molecule has 0 aromatic heterocycles. The molecule has 0 atom stereocenters. The lowest BCUT2D eigenvalue weighted by molar-refractivity contribution is 0.402. The van der Waals surface area contributed by atoms with E-state index in [0.717, 1.165) is 5.56 Å². The number of nitrogens with one attached hydrogen (secondary N) is 2. The van der Waals surface area contributed by atoms with E-state index >= 15 is 0 Å². The van der Waals surface area contributed by atoms with Gasteiger partial charge in [0.15, 0.2) is 0 Å². The number of nitrogens with zero attached hydrogens (tertiary/aromatic N) is 1. The Labute approximate surface area is 197 Å². The van der Waals surface area contributed by atoms with Crippen molar-refractivity contribution < 1.29 is 21.6 Å². The van der Waals surface area contributed by atoms with Gasteiger partial charge in [-0.3, -0.25) is 0 Å².